The van der Waals surface area contributed by atoms with Crippen molar-refractivity contribution in [3.8, 4) is 0 Å². The van der Waals surface area contributed by atoms with Crippen LogP contribution in [-0.4, -0.2) is 29.2 Å². The maximum absolute atomic E-state index is 10.1. The quantitative estimate of drug-likeness (QED) is 0.871. The second-order valence-corrected chi connectivity index (χ2v) is 5.43. The van der Waals surface area contributed by atoms with Gasteiger partial charge in [-0.05, 0) is 45.0 Å². The molecule has 17 heavy (non-hydrogen) atoms. The van der Waals surface area contributed by atoms with E-state index in [1.807, 2.05) is 39.1 Å². The fraction of sp³-hybridized carbons (Fsp3) is 0.571. The Labute approximate surface area is 109 Å². The molecule has 2 nitrogen and oxygen atoms in total. The lowest BCUT2D eigenvalue weighted by Crippen LogP contribution is -2.39. The van der Waals surface area contributed by atoms with Gasteiger partial charge in [-0.15, -0.1) is 0 Å². The zero-order valence-electron chi connectivity index (χ0n) is 11.1. The van der Waals surface area contributed by atoms with Gasteiger partial charge in [0.1, 0.15) is 0 Å². The summed E-state index contributed by atoms with van der Waals surface area (Å²) in [5.74, 6) is 0. The predicted octanol–water partition coefficient (Wildman–Crippen LogP) is 3.49. The highest BCUT2D eigenvalue weighted by atomic mass is 35.5. The highest BCUT2D eigenvalue weighted by molar-refractivity contribution is 6.30. The van der Waals surface area contributed by atoms with E-state index >= 15 is 0 Å². The molecule has 0 aliphatic rings. The van der Waals surface area contributed by atoms with Crippen molar-refractivity contribution < 1.29 is 5.11 Å². The zero-order valence-corrected chi connectivity index (χ0v) is 11.8. The van der Waals surface area contributed by atoms with Gasteiger partial charge in [0.15, 0.2) is 0 Å². The molecule has 1 N–H and O–H groups in total. The van der Waals surface area contributed by atoms with Crippen LogP contribution in [0.15, 0.2) is 24.3 Å². The Morgan fingerprint density at radius 3 is 2.65 bits per heavy atom. The Morgan fingerprint density at radius 2 is 2.12 bits per heavy atom. The van der Waals surface area contributed by atoms with Crippen LogP contribution in [-0.2, 0) is 0 Å². The minimum atomic E-state index is -0.637. The van der Waals surface area contributed by atoms with Crippen molar-refractivity contribution in [3.05, 3.63) is 34.9 Å². The lowest BCUT2D eigenvalue weighted by Gasteiger charge is -2.32. The molecule has 96 valence electrons. The number of rotatable bonds is 5. The van der Waals surface area contributed by atoms with Crippen LogP contribution in [0.25, 0.3) is 0 Å². The molecular formula is C14H22ClNO. The van der Waals surface area contributed by atoms with Crippen LogP contribution in [0.3, 0.4) is 0 Å². The van der Waals surface area contributed by atoms with Crippen LogP contribution in [0.2, 0.25) is 5.02 Å². The van der Waals surface area contributed by atoms with Crippen molar-refractivity contribution in [1.29, 1.82) is 0 Å². The molecule has 1 rings (SSSR count). The standard InChI is InChI=1S/C14H22ClNO/c1-5-14(3,17)10-16(4)11(2)12-7-6-8-13(15)9-12/h6-9,11,17H,5,10H2,1-4H3. The van der Waals surface area contributed by atoms with E-state index in [4.69, 9.17) is 11.6 Å². The average molecular weight is 256 g/mol. The molecule has 0 aliphatic carbocycles. The largest absolute Gasteiger partial charge is 0.389 e. The monoisotopic (exact) mass is 255 g/mol. The zero-order chi connectivity index (χ0) is 13.1. The van der Waals surface area contributed by atoms with E-state index < -0.39 is 5.60 Å². The van der Waals surface area contributed by atoms with E-state index in [0.29, 0.717) is 6.54 Å². The number of nitrogens with zero attached hydrogens (tertiary/aromatic N) is 1. The van der Waals surface area contributed by atoms with Crippen molar-refractivity contribution >= 4 is 11.6 Å². The average Bonchev–Trinajstić information content (AvgIpc) is 2.27. The maximum Gasteiger partial charge on any atom is 0.0743 e. The summed E-state index contributed by atoms with van der Waals surface area (Å²) in [6.45, 7) is 6.64. The Morgan fingerprint density at radius 1 is 1.47 bits per heavy atom. The predicted molar refractivity (Wildman–Crippen MR) is 73.4 cm³/mol. The maximum atomic E-state index is 10.1. The van der Waals surface area contributed by atoms with E-state index in [1.54, 1.807) is 0 Å². The van der Waals surface area contributed by atoms with Crippen LogP contribution >= 0.6 is 11.6 Å². The number of hydrogen-bond donors (Lipinski definition) is 1. The first-order valence-corrected chi connectivity index (χ1v) is 6.41. The molecule has 0 saturated heterocycles. The number of hydrogen-bond acceptors (Lipinski definition) is 2. The Hall–Kier alpha value is -0.570. The number of aliphatic hydroxyl groups is 1. The van der Waals surface area contributed by atoms with E-state index in [2.05, 4.69) is 17.9 Å². The van der Waals surface area contributed by atoms with Gasteiger partial charge in [0.2, 0.25) is 0 Å². The molecule has 0 aliphatic heterocycles. The van der Waals surface area contributed by atoms with Gasteiger partial charge in [-0.3, -0.25) is 4.90 Å². The fourth-order valence-corrected chi connectivity index (χ4v) is 2.01. The molecule has 0 bridgehead atoms. The van der Waals surface area contributed by atoms with Crippen molar-refractivity contribution in [2.75, 3.05) is 13.6 Å². The first-order chi connectivity index (χ1) is 7.85. The molecule has 0 fully saturated rings. The number of halogens is 1. The van der Waals surface area contributed by atoms with E-state index in [9.17, 15) is 5.11 Å². The Bertz CT molecular complexity index is 365. The highest BCUT2D eigenvalue weighted by Crippen LogP contribution is 2.23. The van der Waals surface area contributed by atoms with E-state index in [-0.39, 0.29) is 6.04 Å². The molecule has 0 saturated carbocycles. The third-order valence-corrected chi connectivity index (χ3v) is 3.58. The van der Waals surface area contributed by atoms with Crippen LogP contribution < -0.4 is 0 Å². The van der Waals surface area contributed by atoms with Crippen LogP contribution in [0.5, 0.6) is 0 Å². The molecule has 0 heterocycles. The second kappa shape index (κ2) is 5.85. The third kappa shape index (κ3) is 4.30. The van der Waals surface area contributed by atoms with Crippen molar-refractivity contribution in [2.45, 2.75) is 38.8 Å². The lowest BCUT2D eigenvalue weighted by molar-refractivity contribution is 0.0139. The fourth-order valence-electron chi connectivity index (χ4n) is 1.81. The van der Waals surface area contributed by atoms with Crippen molar-refractivity contribution in [1.82, 2.24) is 4.90 Å². The third-order valence-electron chi connectivity index (χ3n) is 3.34. The molecule has 3 heteroatoms. The summed E-state index contributed by atoms with van der Waals surface area (Å²) in [4.78, 5) is 2.15. The topological polar surface area (TPSA) is 23.5 Å². The molecular weight excluding hydrogens is 234 g/mol. The number of benzene rings is 1. The van der Waals surface area contributed by atoms with E-state index in [1.165, 1.54) is 5.56 Å². The lowest BCUT2D eigenvalue weighted by atomic mass is 10.0. The van der Waals surface area contributed by atoms with Gasteiger partial charge >= 0.3 is 0 Å². The van der Waals surface area contributed by atoms with Gasteiger partial charge in [-0.1, -0.05) is 30.7 Å². The first kappa shape index (κ1) is 14.5. The van der Waals surface area contributed by atoms with Crippen LogP contribution in [0.1, 0.15) is 38.8 Å². The smallest absolute Gasteiger partial charge is 0.0743 e. The van der Waals surface area contributed by atoms with Crippen molar-refractivity contribution in [3.63, 3.8) is 0 Å². The minimum Gasteiger partial charge on any atom is -0.389 e. The Balaban J connectivity index is 2.73. The molecule has 0 radical (unpaired) electrons. The molecule has 1 aromatic carbocycles. The van der Waals surface area contributed by atoms with E-state index in [0.717, 1.165) is 11.4 Å². The molecule has 2 unspecified atom stereocenters. The van der Waals surface area contributed by atoms with Gasteiger partial charge in [-0.2, -0.15) is 0 Å². The summed E-state index contributed by atoms with van der Waals surface area (Å²) in [5.41, 5.74) is 0.536. The first-order valence-electron chi connectivity index (χ1n) is 6.04. The van der Waals surface area contributed by atoms with Crippen LogP contribution in [0, 0.1) is 0 Å². The van der Waals surface area contributed by atoms with Gasteiger partial charge in [0.25, 0.3) is 0 Å². The van der Waals surface area contributed by atoms with Crippen LogP contribution in [0.4, 0.5) is 0 Å². The molecule has 0 amide bonds. The van der Waals surface area contributed by atoms with Gasteiger partial charge < -0.3 is 5.11 Å². The SMILES string of the molecule is CCC(C)(O)CN(C)C(C)c1cccc(Cl)c1. The van der Waals surface area contributed by atoms with Crippen molar-refractivity contribution in [2.24, 2.45) is 0 Å². The van der Waals surface area contributed by atoms with Gasteiger partial charge in [0, 0.05) is 17.6 Å². The molecule has 2 atom stereocenters. The highest BCUT2D eigenvalue weighted by Gasteiger charge is 2.23. The Kier molecular flexibility index (Phi) is 4.99. The normalized spacial score (nSPS) is 16.9. The van der Waals surface area contributed by atoms with Gasteiger partial charge in [0.05, 0.1) is 5.60 Å². The summed E-state index contributed by atoms with van der Waals surface area (Å²) in [5, 5.41) is 10.8. The summed E-state index contributed by atoms with van der Waals surface area (Å²) in [7, 11) is 2.02. The minimum absolute atomic E-state index is 0.242. The number of likely N-dealkylation sites (N-methyl/N-ethyl adjacent to an activating group) is 1. The second-order valence-electron chi connectivity index (χ2n) is 5.00. The molecule has 0 aromatic heterocycles. The molecule has 1 aromatic rings. The summed E-state index contributed by atoms with van der Waals surface area (Å²) in [6.07, 6.45) is 0.750. The summed E-state index contributed by atoms with van der Waals surface area (Å²) >= 11 is 5.99. The summed E-state index contributed by atoms with van der Waals surface area (Å²) < 4.78 is 0. The van der Waals surface area contributed by atoms with Gasteiger partial charge in [-0.25, -0.2) is 0 Å². The molecule has 0 spiro atoms. The summed E-state index contributed by atoms with van der Waals surface area (Å²) in [6, 6.07) is 8.11.